The maximum atomic E-state index is 5.81. The molecular weight excluding hydrogens is 218 g/mol. The second-order valence-corrected chi connectivity index (χ2v) is 5.35. The lowest BCUT2D eigenvalue weighted by molar-refractivity contribution is 0.264. The van der Waals surface area contributed by atoms with E-state index in [1.165, 1.54) is 24.2 Å². The highest BCUT2D eigenvalue weighted by atomic mass is 35.5. The second kappa shape index (κ2) is 4.47. The first kappa shape index (κ1) is 10.2. The molecule has 1 N–H and O–H groups in total. The molecule has 78 valence electrons. The molecule has 1 aromatic heterocycles. The van der Waals surface area contributed by atoms with Crippen molar-refractivity contribution in [2.75, 3.05) is 25.5 Å². The molecule has 2 rings (SSSR count). The van der Waals surface area contributed by atoms with Crippen molar-refractivity contribution in [2.45, 2.75) is 18.9 Å². The van der Waals surface area contributed by atoms with Crippen LogP contribution >= 0.6 is 22.9 Å². The number of likely N-dealkylation sites (tertiary alicyclic amines) is 1. The van der Waals surface area contributed by atoms with E-state index in [4.69, 9.17) is 11.6 Å². The van der Waals surface area contributed by atoms with E-state index < -0.39 is 0 Å². The van der Waals surface area contributed by atoms with Crippen LogP contribution in [-0.2, 0) is 0 Å². The van der Waals surface area contributed by atoms with Crippen LogP contribution in [-0.4, -0.2) is 36.1 Å². The molecule has 0 atom stereocenters. The summed E-state index contributed by atoms with van der Waals surface area (Å²) in [6, 6.07) is 0.563. The van der Waals surface area contributed by atoms with Gasteiger partial charge < -0.3 is 10.2 Å². The zero-order valence-electron chi connectivity index (χ0n) is 8.16. The number of thiazole rings is 1. The molecule has 0 aromatic carbocycles. The van der Waals surface area contributed by atoms with Crippen molar-refractivity contribution >= 4 is 28.1 Å². The lowest BCUT2D eigenvalue weighted by atomic mass is 10.1. The Balaban J connectivity index is 1.86. The van der Waals surface area contributed by atoms with Crippen LogP contribution in [0.1, 0.15) is 12.8 Å². The molecule has 0 amide bonds. The first-order valence-electron chi connectivity index (χ1n) is 4.80. The predicted molar refractivity (Wildman–Crippen MR) is 61.3 cm³/mol. The maximum Gasteiger partial charge on any atom is 0.184 e. The van der Waals surface area contributed by atoms with Crippen molar-refractivity contribution in [1.82, 2.24) is 9.88 Å². The Morgan fingerprint density at radius 2 is 2.29 bits per heavy atom. The highest BCUT2D eigenvalue weighted by molar-refractivity contribution is 7.19. The third kappa shape index (κ3) is 2.59. The van der Waals surface area contributed by atoms with Crippen LogP contribution in [0.4, 0.5) is 5.13 Å². The summed E-state index contributed by atoms with van der Waals surface area (Å²) in [5, 5.41) is 4.37. The van der Waals surface area contributed by atoms with Gasteiger partial charge in [-0.1, -0.05) is 22.9 Å². The van der Waals surface area contributed by atoms with E-state index in [1.54, 1.807) is 6.20 Å². The van der Waals surface area contributed by atoms with Gasteiger partial charge in [0.15, 0.2) is 5.13 Å². The number of nitrogens with one attached hydrogen (secondary N) is 1. The van der Waals surface area contributed by atoms with E-state index in [2.05, 4.69) is 22.2 Å². The quantitative estimate of drug-likeness (QED) is 0.847. The van der Waals surface area contributed by atoms with Gasteiger partial charge in [0, 0.05) is 6.04 Å². The molecule has 0 spiro atoms. The summed E-state index contributed by atoms with van der Waals surface area (Å²) in [4.78, 5) is 6.54. The van der Waals surface area contributed by atoms with E-state index in [1.807, 2.05) is 0 Å². The van der Waals surface area contributed by atoms with E-state index in [9.17, 15) is 0 Å². The minimum absolute atomic E-state index is 0.563. The molecule has 0 aliphatic carbocycles. The van der Waals surface area contributed by atoms with Crippen molar-refractivity contribution in [2.24, 2.45) is 0 Å². The monoisotopic (exact) mass is 231 g/mol. The molecule has 0 saturated carbocycles. The van der Waals surface area contributed by atoms with Gasteiger partial charge in [-0.05, 0) is 33.0 Å². The molecule has 1 saturated heterocycles. The van der Waals surface area contributed by atoms with Crippen LogP contribution in [0.2, 0.25) is 4.34 Å². The summed E-state index contributed by atoms with van der Waals surface area (Å²) in [6.45, 7) is 2.33. The van der Waals surface area contributed by atoms with Crippen LogP contribution in [0, 0.1) is 0 Å². The normalized spacial score (nSPS) is 19.9. The SMILES string of the molecule is CN1CCC(Nc2ncc(Cl)s2)CC1. The summed E-state index contributed by atoms with van der Waals surface area (Å²) in [7, 11) is 2.16. The summed E-state index contributed by atoms with van der Waals surface area (Å²) in [6.07, 6.45) is 4.07. The predicted octanol–water partition coefficient (Wildman–Crippen LogP) is 2.30. The van der Waals surface area contributed by atoms with Gasteiger partial charge in [-0.25, -0.2) is 4.98 Å². The number of hydrogen-bond donors (Lipinski definition) is 1. The standard InChI is InChI=1S/C9H14ClN3S/c1-13-4-2-7(3-5-13)12-9-11-6-8(10)14-9/h6-7H,2-5H2,1H3,(H,11,12). The van der Waals surface area contributed by atoms with Crippen LogP contribution in [0.15, 0.2) is 6.20 Å². The molecule has 1 fully saturated rings. The van der Waals surface area contributed by atoms with E-state index in [-0.39, 0.29) is 0 Å². The molecule has 14 heavy (non-hydrogen) atoms. The largest absolute Gasteiger partial charge is 0.359 e. The fourth-order valence-electron chi connectivity index (χ4n) is 1.65. The van der Waals surface area contributed by atoms with Crippen LogP contribution in [0.5, 0.6) is 0 Å². The number of anilines is 1. The van der Waals surface area contributed by atoms with E-state index in [0.717, 1.165) is 22.6 Å². The van der Waals surface area contributed by atoms with E-state index >= 15 is 0 Å². The Morgan fingerprint density at radius 3 is 2.86 bits per heavy atom. The number of aromatic nitrogens is 1. The van der Waals surface area contributed by atoms with Crippen LogP contribution < -0.4 is 5.32 Å². The first-order valence-corrected chi connectivity index (χ1v) is 6.00. The number of rotatable bonds is 2. The number of halogens is 1. The van der Waals surface area contributed by atoms with Crippen molar-refractivity contribution in [1.29, 1.82) is 0 Å². The summed E-state index contributed by atoms with van der Waals surface area (Å²) >= 11 is 7.32. The maximum absolute atomic E-state index is 5.81. The number of piperidine rings is 1. The van der Waals surface area contributed by atoms with Crippen LogP contribution in [0.3, 0.4) is 0 Å². The molecule has 1 aliphatic heterocycles. The van der Waals surface area contributed by atoms with Crippen molar-refractivity contribution < 1.29 is 0 Å². The summed E-state index contributed by atoms with van der Waals surface area (Å²) in [5.41, 5.74) is 0. The van der Waals surface area contributed by atoms with Gasteiger partial charge in [0.25, 0.3) is 0 Å². The van der Waals surface area contributed by atoms with Gasteiger partial charge >= 0.3 is 0 Å². The fraction of sp³-hybridized carbons (Fsp3) is 0.667. The zero-order chi connectivity index (χ0) is 9.97. The molecule has 1 aliphatic rings. The Kier molecular flexibility index (Phi) is 3.26. The lowest BCUT2D eigenvalue weighted by Gasteiger charge is -2.29. The lowest BCUT2D eigenvalue weighted by Crippen LogP contribution is -2.36. The Morgan fingerprint density at radius 1 is 1.57 bits per heavy atom. The second-order valence-electron chi connectivity index (χ2n) is 3.69. The van der Waals surface area contributed by atoms with Gasteiger partial charge in [-0.2, -0.15) is 0 Å². The van der Waals surface area contributed by atoms with Gasteiger partial charge in [-0.15, -0.1) is 0 Å². The highest BCUT2D eigenvalue weighted by Crippen LogP contribution is 2.24. The van der Waals surface area contributed by atoms with Crippen molar-refractivity contribution in [3.8, 4) is 0 Å². The summed E-state index contributed by atoms with van der Waals surface area (Å²) < 4.78 is 0.750. The van der Waals surface area contributed by atoms with Crippen molar-refractivity contribution in [3.05, 3.63) is 10.5 Å². The Bertz CT molecular complexity index is 294. The molecule has 0 bridgehead atoms. The highest BCUT2D eigenvalue weighted by Gasteiger charge is 2.16. The van der Waals surface area contributed by atoms with Crippen LogP contribution in [0.25, 0.3) is 0 Å². The first-order chi connectivity index (χ1) is 6.74. The van der Waals surface area contributed by atoms with Gasteiger partial charge in [-0.3, -0.25) is 0 Å². The fourth-order valence-corrected chi connectivity index (χ4v) is 2.54. The topological polar surface area (TPSA) is 28.2 Å². The number of nitrogens with zero attached hydrogens (tertiary/aromatic N) is 2. The smallest absolute Gasteiger partial charge is 0.184 e. The molecule has 2 heterocycles. The van der Waals surface area contributed by atoms with Gasteiger partial charge in [0.05, 0.1) is 6.20 Å². The molecular formula is C9H14ClN3S. The van der Waals surface area contributed by atoms with Crippen molar-refractivity contribution in [3.63, 3.8) is 0 Å². The Hall–Kier alpha value is -0.320. The molecule has 5 heteroatoms. The molecule has 0 unspecified atom stereocenters. The average molecular weight is 232 g/mol. The van der Waals surface area contributed by atoms with Gasteiger partial charge in [0.2, 0.25) is 0 Å². The zero-order valence-corrected chi connectivity index (χ0v) is 9.74. The third-order valence-electron chi connectivity index (χ3n) is 2.52. The van der Waals surface area contributed by atoms with E-state index in [0.29, 0.717) is 6.04 Å². The molecule has 0 radical (unpaired) electrons. The average Bonchev–Trinajstić information content (AvgIpc) is 2.56. The molecule has 3 nitrogen and oxygen atoms in total. The minimum Gasteiger partial charge on any atom is -0.359 e. The van der Waals surface area contributed by atoms with Gasteiger partial charge in [0.1, 0.15) is 4.34 Å². The summed E-state index contributed by atoms with van der Waals surface area (Å²) in [5.74, 6) is 0. The third-order valence-corrected chi connectivity index (χ3v) is 3.57. The molecule has 1 aromatic rings. The Labute approximate surface area is 93.1 Å². The minimum atomic E-state index is 0.563. The number of hydrogen-bond acceptors (Lipinski definition) is 4.